The summed E-state index contributed by atoms with van der Waals surface area (Å²) in [7, 11) is 0. The van der Waals surface area contributed by atoms with E-state index in [9.17, 15) is 4.79 Å². The zero-order valence-corrected chi connectivity index (χ0v) is 10.1. The summed E-state index contributed by atoms with van der Waals surface area (Å²) >= 11 is 1.40. The average Bonchev–Trinajstić information content (AvgIpc) is 2.93. The van der Waals surface area contributed by atoms with E-state index >= 15 is 0 Å². The normalized spacial score (nSPS) is 17.1. The third-order valence-electron chi connectivity index (χ3n) is 2.58. The van der Waals surface area contributed by atoms with Crippen LogP contribution in [0.4, 0.5) is 0 Å². The summed E-state index contributed by atoms with van der Waals surface area (Å²) in [4.78, 5) is 15.7. The molecule has 0 aromatic carbocycles. The first-order valence-corrected chi connectivity index (χ1v) is 6.43. The lowest BCUT2D eigenvalue weighted by Gasteiger charge is -2.01. The molecule has 2 rings (SSSR count). The Morgan fingerprint density at radius 1 is 1.75 bits per heavy atom. The lowest BCUT2D eigenvalue weighted by Crippen LogP contribution is -2.09. The van der Waals surface area contributed by atoms with Gasteiger partial charge in [-0.2, -0.15) is 0 Å². The van der Waals surface area contributed by atoms with Gasteiger partial charge >= 0.3 is 5.97 Å². The number of aromatic nitrogens is 1. The summed E-state index contributed by atoms with van der Waals surface area (Å²) in [5, 5.41) is 2.48. The number of ether oxygens (including phenoxy) is 1. The minimum atomic E-state index is -0.330. The second-order valence-electron chi connectivity index (χ2n) is 4.23. The molecule has 2 N–H and O–H groups in total. The molecule has 0 bridgehead atoms. The number of rotatable bonds is 5. The predicted octanol–water partition coefficient (Wildman–Crippen LogP) is 2.12. The number of esters is 1. The number of hydrogen-bond acceptors (Lipinski definition) is 5. The second-order valence-corrected chi connectivity index (χ2v) is 5.12. The van der Waals surface area contributed by atoms with E-state index < -0.39 is 0 Å². The van der Waals surface area contributed by atoms with Crippen LogP contribution in [0.1, 0.15) is 47.7 Å². The van der Waals surface area contributed by atoms with E-state index in [0.29, 0.717) is 12.3 Å². The smallest absolute Gasteiger partial charge is 0.357 e. The van der Waals surface area contributed by atoms with Crippen LogP contribution in [0.25, 0.3) is 0 Å². The molecule has 1 aromatic heterocycles. The van der Waals surface area contributed by atoms with Crippen LogP contribution in [0.15, 0.2) is 5.38 Å². The van der Waals surface area contributed by atoms with Gasteiger partial charge in [-0.1, -0.05) is 12.8 Å². The maximum Gasteiger partial charge on any atom is 0.357 e. The Labute approximate surface area is 98.8 Å². The molecule has 0 spiro atoms. The van der Waals surface area contributed by atoms with Crippen molar-refractivity contribution in [2.24, 2.45) is 11.7 Å². The van der Waals surface area contributed by atoms with Crippen molar-refractivity contribution in [3.05, 3.63) is 16.1 Å². The molecular formula is C11H16N2O2S. The summed E-state index contributed by atoms with van der Waals surface area (Å²) in [5.74, 6) is 0.451. The van der Waals surface area contributed by atoms with E-state index in [1.165, 1.54) is 24.2 Å². The van der Waals surface area contributed by atoms with Gasteiger partial charge < -0.3 is 10.5 Å². The number of thiazole rings is 1. The number of nitrogens with two attached hydrogens (primary N) is 1. The summed E-state index contributed by atoms with van der Waals surface area (Å²) in [5.41, 5.74) is 6.05. The fraction of sp³-hybridized carbons (Fsp3) is 0.636. The van der Waals surface area contributed by atoms with Gasteiger partial charge in [0.2, 0.25) is 0 Å². The van der Waals surface area contributed by atoms with Crippen LogP contribution in [0.3, 0.4) is 0 Å². The summed E-state index contributed by atoms with van der Waals surface area (Å²) < 4.78 is 5.14. The lowest BCUT2D eigenvalue weighted by molar-refractivity contribution is 0.0488. The molecule has 0 radical (unpaired) electrons. The van der Waals surface area contributed by atoms with Crippen LogP contribution >= 0.6 is 11.3 Å². The van der Waals surface area contributed by atoms with Gasteiger partial charge in [0, 0.05) is 5.38 Å². The molecule has 1 saturated carbocycles. The van der Waals surface area contributed by atoms with Crippen LogP contribution in [0.2, 0.25) is 0 Å². The SMILES string of the molecule is CC(N)c1nc(C(=O)OCCC2CC2)cs1. The quantitative estimate of drug-likeness (QED) is 0.801. The minimum absolute atomic E-state index is 0.127. The molecule has 1 aliphatic rings. The molecule has 1 unspecified atom stereocenters. The third-order valence-corrected chi connectivity index (χ3v) is 3.62. The number of hydrogen-bond donors (Lipinski definition) is 1. The molecule has 5 heteroatoms. The van der Waals surface area contributed by atoms with Crippen LogP contribution in [-0.2, 0) is 4.74 Å². The van der Waals surface area contributed by atoms with E-state index in [2.05, 4.69) is 4.98 Å². The monoisotopic (exact) mass is 240 g/mol. The van der Waals surface area contributed by atoms with Gasteiger partial charge in [0.15, 0.2) is 5.69 Å². The van der Waals surface area contributed by atoms with Gasteiger partial charge in [-0.05, 0) is 19.3 Å². The van der Waals surface area contributed by atoms with Crippen molar-refractivity contribution >= 4 is 17.3 Å². The number of carbonyl (C=O) groups is 1. The Hall–Kier alpha value is -0.940. The molecule has 1 aliphatic carbocycles. The molecular weight excluding hydrogens is 224 g/mol. The molecule has 0 saturated heterocycles. The van der Waals surface area contributed by atoms with Crippen molar-refractivity contribution in [2.75, 3.05) is 6.61 Å². The maximum atomic E-state index is 11.6. The summed E-state index contributed by atoms with van der Waals surface area (Å²) in [6.07, 6.45) is 3.54. The maximum absolute atomic E-state index is 11.6. The highest BCUT2D eigenvalue weighted by molar-refractivity contribution is 7.09. The number of carbonyl (C=O) groups excluding carboxylic acids is 1. The molecule has 1 fully saturated rings. The first-order valence-electron chi connectivity index (χ1n) is 5.55. The Morgan fingerprint density at radius 3 is 3.06 bits per heavy atom. The van der Waals surface area contributed by atoms with Crippen molar-refractivity contribution in [1.82, 2.24) is 4.98 Å². The van der Waals surface area contributed by atoms with E-state index in [0.717, 1.165) is 17.3 Å². The van der Waals surface area contributed by atoms with E-state index in [1.807, 2.05) is 6.92 Å². The third kappa shape index (κ3) is 3.02. The molecule has 88 valence electrons. The Bertz CT molecular complexity index is 372. The minimum Gasteiger partial charge on any atom is -0.461 e. The second kappa shape index (κ2) is 4.93. The van der Waals surface area contributed by atoms with E-state index in [1.54, 1.807) is 5.38 Å². The lowest BCUT2D eigenvalue weighted by atomic mass is 10.3. The van der Waals surface area contributed by atoms with Gasteiger partial charge in [-0.15, -0.1) is 11.3 Å². The number of nitrogens with zero attached hydrogens (tertiary/aromatic N) is 1. The molecule has 1 heterocycles. The summed E-state index contributed by atoms with van der Waals surface area (Å²) in [6.45, 7) is 2.36. The summed E-state index contributed by atoms with van der Waals surface area (Å²) in [6, 6.07) is -0.127. The fourth-order valence-corrected chi connectivity index (χ4v) is 2.14. The van der Waals surface area contributed by atoms with Gasteiger partial charge in [-0.25, -0.2) is 9.78 Å². The molecule has 16 heavy (non-hydrogen) atoms. The molecule has 0 amide bonds. The van der Waals surface area contributed by atoms with Crippen LogP contribution < -0.4 is 5.73 Å². The zero-order chi connectivity index (χ0) is 11.5. The van der Waals surface area contributed by atoms with E-state index in [4.69, 9.17) is 10.5 Å². The fourth-order valence-electron chi connectivity index (χ4n) is 1.39. The van der Waals surface area contributed by atoms with Gasteiger partial charge in [-0.3, -0.25) is 0 Å². The van der Waals surface area contributed by atoms with Crippen molar-refractivity contribution in [3.8, 4) is 0 Å². The van der Waals surface area contributed by atoms with Crippen molar-refractivity contribution in [2.45, 2.75) is 32.2 Å². The van der Waals surface area contributed by atoms with Gasteiger partial charge in [0.05, 0.1) is 12.6 Å². The predicted molar refractivity (Wildman–Crippen MR) is 62.3 cm³/mol. The van der Waals surface area contributed by atoms with Crippen LogP contribution in [0.5, 0.6) is 0 Å². The van der Waals surface area contributed by atoms with Crippen molar-refractivity contribution in [1.29, 1.82) is 0 Å². The molecule has 1 atom stereocenters. The topological polar surface area (TPSA) is 65.2 Å². The average molecular weight is 240 g/mol. The highest BCUT2D eigenvalue weighted by atomic mass is 32.1. The molecule has 4 nitrogen and oxygen atoms in total. The highest BCUT2D eigenvalue weighted by Gasteiger charge is 2.21. The van der Waals surface area contributed by atoms with E-state index in [-0.39, 0.29) is 12.0 Å². The Kier molecular flexibility index (Phi) is 3.56. The Balaban J connectivity index is 1.82. The van der Waals surface area contributed by atoms with Crippen LogP contribution in [-0.4, -0.2) is 17.6 Å². The molecule has 0 aliphatic heterocycles. The first-order chi connectivity index (χ1) is 7.66. The van der Waals surface area contributed by atoms with Gasteiger partial charge in [0.1, 0.15) is 5.01 Å². The highest BCUT2D eigenvalue weighted by Crippen LogP contribution is 2.32. The largest absolute Gasteiger partial charge is 0.461 e. The first kappa shape index (κ1) is 11.5. The zero-order valence-electron chi connectivity index (χ0n) is 9.31. The molecule has 1 aromatic rings. The Morgan fingerprint density at radius 2 is 2.50 bits per heavy atom. The van der Waals surface area contributed by atoms with Gasteiger partial charge in [0.25, 0.3) is 0 Å². The van der Waals surface area contributed by atoms with Crippen LogP contribution in [0, 0.1) is 5.92 Å². The van der Waals surface area contributed by atoms with Crippen molar-refractivity contribution in [3.63, 3.8) is 0 Å². The standard InChI is InChI=1S/C11H16N2O2S/c1-7(12)10-13-9(6-16-10)11(14)15-5-4-8-2-3-8/h6-8H,2-5,12H2,1H3. The van der Waals surface area contributed by atoms with Crippen molar-refractivity contribution < 1.29 is 9.53 Å².